The van der Waals surface area contributed by atoms with Gasteiger partial charge in [0.05, 0.1) is 18.9 Å². The number of carbonyl (C=O) groups is 7. The Morgan fingerprint density at radius 2 is 1.29 bits per heavy atom. The highest BCUT2D eigenvalue weighted by Gasteiger charge is 2.30. The third kappa shape index (κ3) is 11.1. The molecule has 0 spiro atoms. The van der Waals surface area contributed by atoms with Crippen LogP contribution in [0.1, 0.15) is 32.6 Å². The second-order valence-electron chi connectivity index (χ2n) is 6.50. The lowest BCUT2D eigenvalue weighted by Gasteiger charge is -2.23. The third-order valence-electron chi connectivity index (χ3n) is 3.78. The van der Waals surface area contributed by atoms with Crippen molar-refractivity contribution in [3.8, 4) is 0 Å². The van der Waals surface area contributed by atoms with E-state index in [2.05, 4.69) is 10.6 Å². The van der Waals surface area contributed by atoms with Crippen molar-refractivity contribution in [3.63, 3.8) is 0 Å². The van der Waals surface area contributed by atoms with E-state index in [0.29, 0.717) is 0 Å². The fourth-order valence-electron chi connectivity index (χ4n) is 2.15. The van der Waals surface area contributed by atoms with Crippen LogP contribution in [0.3, 0.4) is 0 Å². The minimum absolute atomic E-state index is 0.455. The second kappa shape index (κ2) is 12.7. The van der Waals surface area contributed by atoms with Crippen molar-refractivity contribution < 1.29 is 48.9 Å². The molecule has 0 fully saturated rings. The average molecular weight is 447 g/mol. The first kappa shape index (κ1) is 27.2. The Bertz CT molecular complexity index is 740. The van der Waals surface area contributed by atoms with Crippen molar-refractivity contribution in [1.82, 2.24) is 16.0 Å². The van der Waals surface area contributed by atoms with Gasteiger partial charge in [0.15, 0.2) is 0 Å². The molecule has 0 aromatic heterocycles. The Balaban J connectivity index is 5.45. The molecule has 0 aliphatic rings. The number of hydrogen-bond acceptors (Lipinski definition) is 8. The lowest BCUT2D eigenvalue weighted by molar-refractivity contribution is -0.142. The maximum atomic E-state index is 12.5. The molecule has 4 amide bonds. The molecule has 0 aliphatic heterocycles. The number of nitrogens with one attached hydrogen (secondary N) is 3. The Morgan fingerprint density at radius 1 is 0.774 bits per heavy atom. The van der Waals surface area contributed by atoms with Gasteiger partial charge in [-0.1, -0.05) is 0 Å². The first-order valence-electron chi connectivity index (χ1n) is 8.86. The normalized spacial score (nSPS) is 14.3. The molecule has 0 aliphatic carbocycles. The zero-order valence-corrected chi connectivity index (χ0v) is 16.5. The van der Waals surface area contributed by atoms with Crippen molar-refractivity contribution in [1.29, 1.82) is 0 Å². The highest BCUT2D eigenvalue weighted by atomic mass is 16.4. The predicted molar refractivity (Wildman–Crippen MR) is 100 cm³/mol. The van der Waals surface area contributed by atoms with E-state index in [9.17, 15) is 33.6 Å². The zero-order chi connectivity index (χ0) is 24.3. The number of carboxylic acids is 3. The van der Waals surface area contributed by atoms with Crippen LogP contribution in [0.25, 0.3) is 0 Å². The number of hydrogen-bond donors (Lipinski definition) is 8. The molecule has 0 saturated carbocycles. The molecule has 4 atom stereocenters. The van der Waals surface area contributed by atoms with Gasteiger partial charge in [-0.3, -0.25) is 33.6 Å². The van der Waals surface area contributed by atoms with Gasteiger partial charge in [0.2, 0.25) is 23.6 Å². The SMILES string of the molecule is CC(NC(=O)C(CC(N)=O)NC(=O)C(CCC(=O)O)NC(=O)C(N)CC(=O)O)C(=O)O. The number of carboxylic acid groups (broad SMARTS) is 3. The zero-order valence-electron chi connectivity index (χ0n) is 16.5. The summed E-state index contributed by atoms with van der Waals surface area (Å²) in [5, 5.41) is 32.6. The van der Waals surface area contributed by atoms with Crippen LogP contribution in [0.2, 0.25) is 0 Å². The molecule has 174 valence electrons. The Morgan fingerprint density at radius 3 is 1.74 bits per heavy atom. The topological polar surface area (TPSA) is 268 Å². The first-order chi connectivity index (χ1) is 14.2. The van der Waals surface area contributed by atoms with E-state index in [1.165, 1.54) is 0 Å². The molecular weight excluding hydrogens is 422 g/mol. The first-order valence-corrected chi connectivity index (χ1v) is 8.86. The minimum Gasteiger partial charge on any atom is -0.481 e. The number of rotatable bonds is 14. The summed E-state index contributed by atoms with van der Waals surface area (Å²) in [6, 6.07) is -6.08. The molecule has 0 rings (SSSR count). The van der Waals surface area contributed by atoms with Gasteiger partial charge in [-0.05, 0) is 13.3 Å². The standard InChI is InChI=1S/C16H25N5O10/c1-6(16(30)31)19-15(29)9(5-10(18)22)21-14(28)8(2-3-11(23)24)20-13(27)7(17)4-12(25)26/h6-9H,2-5,17H2,1H3,(H2,18,22)(H,19,29)(H,20,27)(H,21,28)(H,23,24)(H,25,26)(H,30,31). The molecular formula is C16H25N5O10. The molecule has 0 aromatic carbocycles. The van der Waals surface area contributed by atoms with Gasteiger partial charge in [-0.25, -0.2) is 0 Å². The van der Waals surface area contributed by atoms with Gasteiger partial charge in [-0.2, -0.15) is 0 Å². The summed E-state index contributed by atoms with van der Waals surface area (Å²) in [4.78, 5) is 80.3. The van der Waals surface area contributed by atoms with E-state index >= 15 is 0 Å². The highest BCUT2D eigenvalue weighted by Crippen LogP contribution is 2.03. The Hall–Kier alpha value is -3.75. The van der Waals surface area contributed by atoms with Crippen LogP contribution in [-0.4, -0.2) is 81.0 Å². The molecule has 0 bridgehead atoms. The van der Waals surface area contributed by atoms with Gasteiger partial charge >= 0.3 is 17.9 Å². The number of nitrogens with two attached hydrogens (primary N) is 2. The van der Waals surface area contributed by atoms with Crippen LogP contribution >= 0.6 is 0 Å². The van der Waals surface area contributed by atoms with Crippen molar-refractivity contribution in [2.45, 2.75) is 56.8 Å². The third-order valence-corrected chi connectivity index (χ3v) is 3.78. The van der Waals surface area contributed by atoms with Crippen LogP contribution in [0, 0.1) is 0 Å². The maximum absolute atomic E-state index is 12.5. The fourth-order valence-corrected chi connectivity index (χ4v) is 2.15. The quantitative estimate of drug-likeness (QED) is 0.127. The van der Waals surface area contributed by atoms with Gasteiger partial charge in [0.1, 0.15) is 18.1 Å². The molecule has 10 N–H and O–H groups in total. The molecule has 15 heteroatoms. The lowest BCUT2D eigenvalue weighted by atomic mass is 10.1. The van der Waals surface area contributed by atoms with Crippen LogP contribution in [0.15, 0.2) is 0 Å². The monoisotopic (exact) mass is 447 g/mol. The van der Waals surface area contributed by atoms with Gasteiger partial charge in [0.25, 0.3) is 0 Å². The second-order valence-corrected chi connectivity index (χ2v) is 6.50. The minimum atomic E-state index is -1.62. The summed E-state index contributed by atoms with van der Waals surface area (Å²) >= 11 is 0. The van der Waals surface area contributed by atoms with E-state index in [-0.39, 0.29) is 0 Å². The van der Waals surface area contributed by atoms with Crippen LogP contribution in [0.5, 0.6) is 0 Å². The molecule has 0 heterocycles. The van der Waals surface area contributed by atoms with Crippen LogP contribution < -0.4 is 27.4 Å². The number of amides is 4. The number of carbonyl (C=O) groups excluding carboxylic acids is 4. The molecule has 0 aromatic rings. The molecule has 4 unspecified atom stereocenters. The van der Waals surface area contributed by atoms with Crippen molar-refractivity contribution >= 4 is 41.5 Å². The van der Waals surface area contributed by atoms with Crippen molar-refractivity contribution in [2.75, 3.05) is 0 Å². The molecule has 0 radical (unpaired) electrons. The Kier molecular flexibility index (Phi) is 11.2. The summed E-state index contributed by atoms with van der Waals surface area (Å²) in [5.74, 6) is -8.34. The summed E-state index contributed by atoms with van der Waals surface area (Å²) in [6.07, 6.45) is -2.53. The smallest absolute Gasteiger partial charge is 0.325 e. The van der Waals surface area contributed by atoms with Crippen molar-refractivity contribution in [2.24, 2.45) is 11.5 Å². The summed E-state index contributed by atoms with van der Waals surface area (Å²) in [6.45, 7) is 1.13. The van der Waals surface area contributed by atoms with E-state index in [1.54, 1.807) is 0 Å². The van der Waals surface area contributed by atoms with E-state index < -0.39 is 91.4 Å². The summed E-state index contributed by atoms with van der Waals surface area (Å²) < 4.78 is 0. The summed E-state index contributed by atoms with van der Waals surface area (Å²) in [5.41, 5.74) is 10.4. The van der Waals surface area contributed by atoms with Crippen LogP contribution in [0.4, 0.5) is 0 Å². The molecule has 31 heavy (non-hydrogen) atoms. The highest BCUT2D eigenvalue weighted by molar-refractivity contribution is 5.96. The number of primary amides is 1. The fraction of sp³-hybridized carbons (Fsp3) is 0.562. The van der Waals surface area contributed by atoms with Gasteiger partial charge in [-0.15, -0.1) is 0 Å². The molecule has 15 nitrogen and oxygen atoms in total. The maximum Gasteiger partial charge on any atom is 0.325 e. The van der Waals surface area contributed by atoms with Gasteiger partial charge in [0, 0.05) is 6.42 Å². The Labute approximate surface area is 175 Å². The van der Waals surface area contributed by atoms with E-state index in [4.69, 9.17) is 26.8 Å². The van der Waals surface area contributed by atoms with E-state index in [0.717, 1.165) is 6.92 Å². The average Bonchev–Trinajstić information content (AvgIpc) is 2.62. The van der Waals surface area contributed by atoms with Gasteiger partial charge < -0.3 is 42.7 Å². The predicted octanol–water partition coefficient (Wildman–Crippen LogP) is -3.91. The van der Waals surface area contributed by atoms with E-state index in [1.807, 2.05) is 5.32 Å². The number of aliphatic carboxylic acids is 3. The molecule has 0 saturated heterocycles. The summed E-state index contributed by atoms with van der Waals surface area (Å²) in [7, 11) is 0. The lowest BCUT2D eigenvalue weighted by Crippen LogP contribution is -2.57. The van der Waals surface area contributed by atoms with Crippen molar-refractivity contribution in [3.05, 3.63) is 0 Å². The van der Waals surface area contributed by atoms with Crippen LogP contribution in [-0.2, 0) is 33.6 Å². The largest absolute Gasteiger partial charge is 0.481 e.